The van der Waals surface area contributed by atoms with Crippen molar-refractivity contribution >= 4 is 33.3 Å². The van der Waals surface area contributed by atoms with Gasteiger partial charge in [-0.05, 0) is 36.1 Å². The second-order valence-corrected chi connectivity index (χ2v) is 6.59. The van der Waals surface area contributed by atoms with E-state index in [0.29, 0.717) is 12.4 Å². The van der Waals surface area contributed by atoms with Crippen LogP contribution in [0.5, 0.6) is 5.75 Å². The van der Waals surface area contributed by atoms with Crippen LogP contribution in [0.4, 0.5) is 5.69 Å². The van der Waals surface area contributed by atoms with Crippen LogP contribution in [-0.4, -0.2) is 12.5 Å². The van der Waals surface area contributed by atoms with Gasteiger partial charge in [-0.2, -0.15) is 0 Å². The Hall–Kier alpha value is -3.27. The number of aryl methyl sites for hydroxylation is 1. The van der Waals surface area contributed by atoms with Gasteiger partial charge in [0, 0.05) is 28.4 Å². The van der Waals surface area contributed by atoms with E-state index >= 15 is 0 Å². The first kappa shape index (κ1) is 15.0. The van der Waals surface area contributed by atoms with E-state index in [0.717, 1.165) is 50.7 Å². The molecule has 0 radical (unpaired) electrons. The minimum atomic E-state index is -0.235. The zero-order valence-electron chi connectivity index (χ0n) is 14.3. The summed E-state index contributed by atoms with van der Waals surface area (Å²) in [6.45, 7) is 2.62. The summed E-state index contributed by atoms with van der Waals surface area (Å²) in [7, 11) is 0. The molecule has 1 aliphatic heterocycles. The fourth-order valence-electron chi connectivity index (χ4n) is 3.62. The normalized spacial score (nSPS) is 13.0. The Morgan fingerprint density at radius 1 is 1.04 bits per heavy atom. The Labute approximate surface area is 150 Å². The van der Waals surface area contributed by atoms with Gasteiger partial charge in [0.1, 0.15) is 11.3 Å². The predicted molar refractivity (Wildman–Crippen MR) is 102 cm³/mol. The van der Waals surface area contributed by atoms with Crippen LogP contribution >= 0.6 is 0 Å². The van der Waals surface area contributed by atoms with Crippen molar-refractivity contribution in [2.45, 2.75) is 13.3 Å². The first-order valence-electron chi connectivity index (χ1n) is 8.68. The molecule has 0 saturated carbocycles. The number of hydrogen-bond acceptors (Lipinski definition) is 3. The topological polar surface area (TPSA) is 51.5 Å². The molecule has 0 spiro atoms. The summed E-state index contributed by atoms with van der Waals surface area (Å²) in [4.78, 5) is 12.8. The van der Waals surface area contributed by atoms with Crippen LogP contribution in [0.25, 0.3) is 21.7 Å². The lowest BCUT2D eigenvalue weighted by Gasteiger charge is -2.06. The molecule has 128 valence electrons. The smallest absolute Gasteiger partial charge is 0.291 e. The zero-order chi connectivity index (χ0) is 17.7. The molecule has 0 atom stereocenters. The van der Waals surface area contributed by atoms with E-state index in [-0.39, 0.29) is 5.91 Å². The number of ether oxygens (including phenoxy) is 1. The minimum Gasteiger partial charge on any atom is -0.493 e. The lowest BCUT2D eigenvalue weighted by molar-refractivity contribution is 0.0998. The molecule has 1 aliphatic rings. The molecule has 0 unspecified atom stereocenters. The summed E-state index contributed by atoms with van der Waals surface area (Å²) in [6, 6.07) is 17.8. The van der Waals surface area contributed by atoms with E-state index in [1.807, 2.05) is 55.5 Å². The molecular formula is C22H17NO3. The predicted octanol–water partition coefficient (Wildman–Crippen LogP) is 5.08. The number of fused-ring (bicyclic) bond motifs is 4. The molecule has 4 aromatic rings. The summed E-state index contributed by atoms with van der Waals surface area (Å²) in [5.74, 6) is 1.02. The third kappa shape index (κ3) is 2.26. The van der Waals surface area contributed by atoms with Gasteiger partial charge >= 0.3 is 0 Å². The number of carbonyl (C=O) groups excluding carboxylic acids is 1. The first-order chi connectivity index (χ1) is 12.7. The SMILES string of the molecule is Cc1c(C(=O)Nc2ccc3c(c2)CCO3)oc2c1ccc1ccccc12. The molecule has 5 rings (SSSR count). The maximum atomic E-state index is 12.8. The minimum absolute atomic E-state index is 0.235. The summed E-state index contributed by atoms with van der Waals surface area (Å²) < 4.78 is 11.5. The molecule has 1 aromatic heterocycles. The second kappa shape index (κ2) is 5.63. The highest BCUT2D eigenvalue weighted by Crippen LogP contribution is 2.33. The third-order valence-corrected chi connectivity index (χ3v) is 4.98. The van der Waals surface area contributed by atoms with Crippen molar-refractivity contribution in [3.63, 3.8) is 0 Å². The van der Waals surface area contributed by atoms with Crippen molar-refractivity contribution in [1.29, 1.82) is 0 Å². The highest BCUT2D eigenvalue weighted by Gasteiger charge is 2.20. The quantitative estimate of drug-likeness (QED) is 0.552. The monoisotopic (exact) mass is 343 g/mol. The van der Waals surface area contributed by atoms with E-state index < -0.39 is 0 Å². The highest BCUT2D eigenvalue weighted by atomic mass is 16.5. The lowest BCUT2D eigenvalue weighted by Crippen LogP contribution is -2.12. The van der Waals surface area contributed by atoms with E-state index in [4.69, 9.17) is 9.15 Å². The Morgan fingerprint density at radius 2 is 1.92 bits per heavy atom. The summed E-state index contributed by atoms with van der Waals surface area (Å²) in [5.41, 5.74) is 3.49. The van der Waals surface area contributed by atoms with E-state index in [1.165, 1.54) is 0 Å². The number of rotatable bonds is 2. The molecule has 1 N–H and O–H groups in total. The zero-order valence-corrected chi connectivity index (χ0v) is 14.3. The van der Waals surface area contributed by atoms with Crippen LogP contribution in [0.15, 0.2) is 59.0 Å². The van der Waals surface area contributed by atoms with Gasteiger partial charge in [0.2, 0.25) is 0 Å². The fourth-order valence-corrected chi connectivity index (χ4v) is 3.62. The van der Waals surface area contributed by atoms with Gasteiger partial charge in [-0.3, -0.25) is 4.79 Å². The molecule has 1 amide bonds. The van der Waals surface area contributed by atoms with Gasteiger partial charge in [-0.1, -0.05) is 36.4 Å². The summed E-state index contributed by atoms with van der Waals surface area (Å²) in [5, 5.41) is 6.03. The lowest BCUT2D eigenvalue weighted by atomic mass is 10.1. The van der Waals surface area contributed by atoms with Crippen molar-refractivity contribution in [2.24, 2.45) is 0 Å². The van der Waals surface area contributed by atoms with Crippen LogP contribution in [0.2, 0.25) is 0 Å². The number of benzene rings is 3. The van der Waals surface area contributed by atoms with Crippen molar-refractivity contribution in [3.8, 4) is 5.75 Å². The molecule has 4 nitrogen and oxygen atoms in total. The summed E-state index contributed by atoms with van der Waals surface area (Å²) in [6.07, 6.45) is 0.870. The van der Waals surface area contributed by atoms with Crippen LogP contribution in [-0.2, 0) is 6.42 Å². The van der Waals surface area contributed by atoms with E-state index in [1.54, 1.807) is 0 Å². The van der Waals surface area contributed by atoms with E-state index in [2.05, 4.69) is 11.4 Å². The molecule has 26 heavy (non-hydrogen) atoms. The molecular weight excluding hydrogens is 326 g/mol. The van der Waals surface area contributed by atoms with Crippen LogP contribution in [0.3, 0.4) is 0 Å². The van der Waals surface area contributed by atoms with Gasteiger partial charge in [0.15, 0.2) is 5.76 Å². The van der Waals surface area contributed by atoms with Crippen LogP contribution in [0.1, 0.15) is 21.7 Å². The number of furan rings is 1. The van der Waals surface area contributed by atoms with Crippen molar-refractivity contribution in [1.82, 2.24) is 0 Å². The summed E-state index contributed by atoms with van der Waals surface area (Å²) >= 11 is 0. The third-order valence-electron chi connectivity index (χ3n) is 4.98. The maximum Gasteiger partial charge on any atom is 0.291 e. The largest absolute Gasteiger partial charge is 0.493 e. The molecule has 3 aromatic carbocycles. The van der Waals surface area contributed by atoms with E-state index in [9.17, 15) is 4.79 Å². The van der Waals surface area contributed by atoms with Crippen LogP contribution in [0, 0.1) is 6.92 Å². The molecule has 2 heterocycles. The molecule has 0 fully saturated rings. The average Bonchev–Trinajstić information content (AvgIpc) is 3.26. The molecule has 0 saturated heterocycles. The van der Waals surface area contributed by atoms with Crippen molar-refractivity contribution in [3.05, 3.63) is 71.5 Å². The van der Waals surface area contributed by atoms with Gasteiger partial charge in [0.05, 0.1) is 6.61 Å². The van der Waals surface area contributed by atoms with Gasteiger partial charge in [-0.15, -0.1) is 0 Å². The van der Waals surface area contributed by atoms with Gasteiger partial charge in [0.25, 0.3) is 5.91 Å². The van der Waals surface area contributed by atoms with Crippen molar-refractivity contribution < 1.29 is 13.9 Å². The Morgan fingerprint density at radius 3 is 2.85 bits per heavy atom. The highest BCUT2D eigenvalue weighted by molar-refractivity contribution is 6.11. The second-order valence-electron chi connectivity index (χ2n) is 6.59. The molecule has 0 aliphatic carbocycles. The maximum absolute atomic E-state index is 12.8. The Bertz CT molecular complexity index is 1170. The standard InChI is InChI=1S/C22H17NO3/c1-13-17-8-6-14-4-2-3-5-18(14)21(17)26-20(13)22(24)23-16-7-9-19-15(12-16)10-11-25-19/h2-9,12H,10-11H2,1H3,(H,23,24). The van der Waals surface area contributed by atoms with Crippen molar-refractivity contribution in [2.75, 3.05) is 11.9 Å². The van der Waals surface area contributed by atoms with Gasteiger partial charge in [-0.25, -0.2) is 0 Å². The number of hydrogen-bond donors (Lipinski definition) is 1. The number of nitrogens with one attached hydrogen (secondary N) is 1. The average molecular weight is 343 g/mol. The van der Waals surface area contributed by atoms with Gasteiger partial charge < -0.3 is 14.5 Å². The fraction of sp³-hybridized carbons (Fsp3) is 0.136. The number of amides is 1. The molecule has 4 heteroatoms. The Balaban J connectivity index is 1.55. The molecule has 0 bridgehead atoms. The first-order valence-corrected chi connectivity index (χ1v) is 8.68. The number of anilines is 1. The Kier molecular flexibility index (Phi) is 3.25. The number of carbonyl (C=O) groups is 1. The van der Waals surface area contributed by atoms with Crippen LogP contribution < -0.4 is 10.1 Å².